The molecule has 1 saturated heterocycles. The van der Waals surface area contributed by atoms with Gasteiger partial charge in [-0.3, -0.25) is 14.6 Å². The van der Waals surface area contributed by atoms with Gasteiger partial charge in [0.25, 0.3) is 5.91 Å². The number of hydrogen-bond acceptors (Lipinski definition) is 6. The molecule has 4 aromatic rings. The fraction of sp³-hybridized carbons (Fsp3) is 0.310. The number of carbonyl (C=O) groups is 2. The number of benzene rings is 2. The first-order valence-electron chi connectivity index (χ1n) is 12.7. The normalized spacial score (nSPS) is 21.3. The van der Waals surface area contributed by atoms with Gasteiger partial charge in [-0.25, -0.2) is 0 Å². The maximum Gasteiger partial charge on any atom is 0.254 e. The van der Waals surface area contributed by atoms with Crippen molar-refractivity contribution in [3.63, 3.8) is 0 Å². The summed E-state index contributed by atoms with van der Waals surface area (Å²) in [4.78, 5) is 36.4. The summed E-state index contributed by atoms with van der Waals surface area (Å²) in [5.74, 6) is 0.430. The highest BCUT2D eigenvalue weighted by Crippen LogP contribution is 2.47. The first kappa shape index (κ1) is 23.4. The average Bonchev–Trinajstić information content (AvgIpc) is 3.46. The van der Waals surface area contributed by atoms with Gasteiger partial charge < -0.3 is 19.6 Å². The van der Waals surface area contributed by atoms with Crippen molar-refractivity contribution in [1.29, 1.82) is 0 Å². The van der Waals surface area contributed by atoms with Crippen LogP contribution in [0.25, 0.3) is 10.8 Å². The fourth-order valence-corrected chi connectivity index (χ4v) is 5.98. The summed E-state index contributed by atoms with van der Waals surface area (Å²) in [5, 5.41) is 9.43. The van der Waals surface area contributed by atoms with Crippen LogP contribution in [-0.4, -0.2) is 53.0 Å². The van der Waals surface area contributed by atoms with Crippen molar-refractivity contribution in [2.45, 2.75) is 25.8 Å². The lowest BCUT2D eigenvalue weighted by atomic mass is 9.67. The number of hydrogen-bond donors (Lipinski definition) is 1. The molecule has 1 N–H and O–H groups in total. The number of fused-ring (bicyclic) bond motifs is 3. The minimum absolute atomic E-state index is 0.00717. The molecule has 0 radical (unpaired) electrons. The maximum atomic E-state index is 14.7. The Bertz CT molecular complexity index is 1490. The summed E-state index contributed by atoms with van der Waals surface area (Å²) in [6.07, 6.45) is 3.60. The first-order valence-corrected chi connectivity index (χ1v) is 12.7. The SMILES string of the molecule is CCNCC1CN(c2cncc3ccccc23)C(=O)C12CN(Cc1cc(C)no1)C(=O)c1ccccc12. The van der Waals surface area contributed by atoms with Crippen molar-refractivity contribution in [2.75, 3.05) is 31.1 Å². The summed E-state index contributed by atoms with van der Waals surface area (Å²) in [5.41, 5.74) is 2.02. The number of aromatic nitrogens is 2. The topological polar surface area (TPSA) is 91.6 Å². The van der Waals surface area contributed by atoms with E-state index >= 15 is 0 Å². The summed E-state index contributed by atoms with van der Waals surface area (Å²) in [6.45, 7) is 6.41. The summed E-state index contributed by atoms with van der Waals surface area (Å²) in [7, 11) is 0. The van der Waals surface area contributed by atoms with Crippen LogP contribution >= 0.6 is 0 Å². The number of nitrogens with one attached hydrogen (secondary N) is 1. The molecule has 2 aromatic heterocycles. The van der Waals surface area contributed by atoms with E-state index in [-0.39, 0.29) is 30.8 Å². The van der Waals surface area contributed by atoms with Crippen LogP contribution in [0.3, 0.4) is 0 Å². The van der Waals surface area contributed by atoms with Crippen LogP contribution in [-0.2, 0) is 16.8 Å². The second kappa shape index (κ2) is 9.12. The number of rotatable bonds is 6. The molecule has 1 fully saturated rings. The fourth-order valence-electron chi connectivity index (χ4n) is 5.98. The molecule has 2 amide bonds. The lowest BCUT2D eigenvalue weighted by Gasteiger charge is -2.43. The summed E-state index contributed by atoms with van der Waals surface area (Å²) in [6, 6.07) is 17.4. The van der Waals surface area contributed by atoms with Gasteiger partial charge in [0.15, 0.2) is 5.76 Å². The Hall–Kier alpha value is -4.04. The van der Waals surface area contributed by atoms with Gasteiger partial charge in [0.2, 0.25) is 5.91 Å². The largest absolute Gasteiger partial charge is 0.359 e. The smallest absolute Gasteiger partial charge is 0.254 e. The van der Waals surface area contributed by atoms with Crippen LogP contribution in [0.5, 0.6) is 0 Å². The lowest BCUT2D eigenvalue weighted by molar-refractivity contribution is -0.123. The number of amides is 2. The van der Waals surface area contributed by atoms with Crippen molar-refractivity contribution in [2.24, 2.45) is 5.92 Å². The van der Waals surface area contributed by atoms with E-state index in [2.05, 4.69) is 22.4 Å². The summed E-state index contributed by atoms with van der Waals surface area (Å²) < 4.78 is 5.45. The lowest BCUT2D eigenvalue weighted by Crippen LogP contribution is -2.57. The van der Waals surface area contributed by atoms with Crippen LogP contribution in [0.4, 0.5) is 5.69 Å². The number of anilines is 1. The zero-order valence-electron chi connectivity index (χ0n) is 21.0. The van der Waals surface area contributed by atoms with Gasteiger partial charge in [0.05, 0.1) is 29.5 Å². The highest BCUT2D eigenvalue weighted by atomic mass is 16.5. The van der Waals surface area contributed by atoms with E-state index in [1.54, 1.807) is 11.1 Å². The van der Waals surface area contributed by atoms with E-state index in [9.17, 15) is 9.59 Å². The molecule has 2 aromatic carbocycles. The first-order chi connectivity index (χ1) is 18.0. The molecule has 2 atom stereocenters. The average molecular weight is 496 g/mol. The predicted molar refractivity (Wildman–Crippen MR) is 140 cm³/mol. The molecule has 0 saturated carbocycles. The molecule has 188 valence electrons. The highest BCUT2D eigenvalue weighted by molar-refractivity contribution is 6.12. The van der Waals surface area contributed by atoms with E-state index in [0.29, 0.717) is 24.4 Å². The van der Waals surface area contributed by atoms with Crippen LogP contribution < -0.4 is 10.2 Å². The third-order valence-electron chi connectivity index (χ3n) is 7.69. The Labute approximate surface area is 215 Å². The van der Waals surface area contributed by atoms with Crippen LogP contribution in [0.15, 0.2) is 71.5 Å². The molecule has 6 rings (SSSR count). The third kappa shape index (κ3) is 3.71. The van der Waals surface area contributed by atoms with Crippen LogP contribution in [0.1, 0.15) is 34.3 Å². The molecule has 8 nitrogen and oxygen atoms in total. The van der Waals surface area contributed by atoms with Gasteiger partial charge in [0, 0.05) is 54.2 Å². The molecule has 8 heteroatoms. The van der Waals surface area contributed by atoms with E-state index in [1.165, 1.54) is 0 Å². The van der Waals surface area contributed by atoms with Crippen molar-refractivity contribution in [1.82, 2.24) is 20.4 Å². The van der Waals surface area contributed by atoms with Gasteiger partial charge in [-0.2, -0.15) is 0 Å². The number of carbonyl (C=O) groups excluding carboxylic acids is 2. The van der Waals surface area contributed by atoms with Gasteiger partial charge >= 0.3 is 0 Å². The summed E-state index contributed by atoms with van der Waals surface area (Å²) >= 11 is 0. The quantitative estimate of drug-likeness (QED) is 0.439. The van der Waals surface area contributed by atoms with Gasteiger partial charge in [-0.05, 0) is 25.1 Å². The predicted octanol–water partition coefficient (Wildman–Crippen LogP) is 3.70. The van der Waals surface area contributed by atoms with Gasteiger partial charge in [-0.1, -0.05) is 54.5 Å². The Morgan fingerprint density at radius 1 is 1.11 bits per heavy atom. The number of aryl methyl sites for hydroxylation is 1. The van der Waals surface area contributed by atoms with E-state index < -0.39 is 5.41 Å². The molecule has 0 bridgehead atoms. The molecule has 2 aliphatic heterocycles. The molecule has 0 aliphatic carbocycles. The Kier molecular flexibility index (Phi) is 5.76. The molecule has 37 heavy (non-hydrogen) atoms. The van der Waals surface area contributed by atoms with Crippen LogP contribution in [0.2, 0.25) is 0 Å². The molecule has 1 spiro atoms. The molecule has 2 aliphatic rings. The third-order valence-corrected chi connectivity index (χ3v) is 7.69. The molecule has 4 heterocycles. The standard InChI is InChI=1S/C29H29N5O3/c1-3-30-14-21-16-34(26-15-31-13-20-8-4-5-9-23(20)26)28(36)29(21)18-33(17-22-12-19(2)32-37-22)27(35)24-10-6-7-11-25(24)29/h4-13,15,21,30H,3,14,16-18H2,1-2H3. The van der Waals surface area contributed by atoms with Crippen molar-refractivity contribution in [3.05, 3.63) is 89.6 Å². The van der Waals surface area contributed by atoms with E-state index in [4.69, 9.17) is 4.52 Å². The van der Waals surface area contributed by atoms with Crippen molar-refractivity contribution < 1.29 is 14.1 Å². The van der Waals surface area contributed by atoms with E-state index in [1.807, 2.05) is 72.6 Å². The van der Waals surface area contributed by atoms with Gasteiger partial charge in [-0.15, -0.1) is 0 Å². The van der Waals surface area contributed by atoms with Crippen molar-refractivity contribution >= 4 is 28.3 Å². The zero-order chi connectivity index (χ0) is 25.6. The zero-order valence-corrected chi connectivity index (χ0v) is 21.0. The van der Waals surface area contributed by atoms with E-state index in [0.717, 1.165) is 34.3 Å². The number of pyridine rings is 1. The Balaban J connectivity index is 1.49. The minimum atomic E-state index is -0.904. The second-order valence-electron chi connectivity index (χ2n) is 9.91. The molecule has 2 unspecified atom stereocenters. The number of nitrogens with zero attached hydrogens (tertiary/aromatic N) is 4. The van der Waals surface area contributed by atoms with Crippen LogP contribution in [0, 0.1) is 12.8 Å². The Morgan fingerprint density at radius 3 is 2.73 bits per heavy atom. The highest BCUT2D eigenvalue weighted by Gasteiger charge is 2.59. The monoisotopic (exact) mass is 495 g/mol. The second-order valence-corrected chi connectivity index (χ2v) is 9.91. The van der Waals surface area contributed by atoms with Gasteiger partial charge in [0.1, 0.15) is 0 Å². The maximum absolute atomic E-state index is 14.7. The molecular weight excluding hydrogens is 466 g/mol. The van der Waals surface area contributed by atoms with Crippen molar-refractivity contribution in [3.8, 4) is 0 Å². The Morgan fingerprint density at radius 2 is 1.92 bits per heavy atom. The minimum Gasteiger partial charge on any atom is -0.359 e. The molecular formula is C29H29N5O3.